The third kappa shape index (κ3) is 4.48. The van der Waals surface area contributed by atoms with E-state index in [9.17, 15) is 13.2 Å². The predicted molar refractivity (Wildman–Crippen MR) is 179 cm³/mol. The molecule has 242 valence electrons. The number of aryl methyl sites for hydroxylation is 1. The van der Waals surface area contributed by atoms with Crippen molar-refractivity contribution >= 4 is 38.4 Å². The van der Waals surface area contributed by atoms with Gasteiger partial charge in [-0.25, -0.2) is 22.7 Å². The minimum Gasteiger partial charge on any atom is -0.482 e. The van der Waals surface area contributed by atoms with Gasteiger partial charge in [-0.1, -0.05) is 24.3 Å². The van der Waals surface area contributed by atoms with Crippen LogP contribution in [0.4, 0.5) is 5.82 Å². The Morgan fingerprint density at radius 2 is 1.83 bits per heavy atom. The molecule has 4 aromatic heterocycles. The van der Waals surface area contributed by atoms with Crippen LogP contribution in [-0.4, -0.2) is 63.4 Å². The number of ether oxygens (including phenoxy) is 1. The minimum absolute atomic E-state index is 0.0247. The quantitative estimate of drug-likeness (QED) is 0.284. The number of imidazole rings is 1. The highest BCUT2D eigenvalue weighted by molar-refractivity contribution is 7.92. The lowest BCUT2D eigenvalue weighted by molar-refractivity contribution is 0.0726. The van der Waals surface area contributed by atoms with Crippen molar-refractivity contribution in [2.75, 3.05) is 11.4 Å². The third-order valence-corrected chi connectivity index (χ3v) is 12.3. The summed E-state index contributed by atoms with van der Waals surface area (Å²) in [4.78, 5) is 25.9. The normalized spacial score (nSPS) is 23.2. The Morgan fingerprint density at radius 1 is 1.02 bits per heavy atom. The molecule has 11 nitrogen and oxygen atoms in total. The second kappa shape index (κ2) is 10.3. The molecule has 2 bridgehead atoms. The molecule has 5 aromatic rings. The van der Waals surface area contributed by atoms with Crippen molar-refractivity contribution < 1.29 is 17.9 Å². The van der Waals surface area contributed by atoms with E-state index in [1.807, 2.05) is 58.7 Å². The SMILES string of the molecule is COc1cc(C(=O)N2[C@H]3CC[C@@H]2[C@H](N)C3)cc2nc(-c3cc4ccc(N5Cc6ccccc6CS5(=O)=O)nc4n3CC3CC3)c(C)n12. The standard InChI is InChI=1S/C35H37N7O4S/c1-20-33(37-31-14-25(15-32(46-2)41(20)31)35(43)42-26-10-11-28(42)27(36)16-26)29-13-22-9-12-30(38-34(22)39(29)17-21-7-8-21)40-18-23-5-3-4-6-24(23)19-47(40,44)45/h3-6,9,12-15,21,26-28H,7-8,10-11,16-19,36H2,1-2H3/t26-,27+,28+/m0/s1. The fraction of sp³-hybridized carbons (Fsp3) is 0.400. The number of rotatable bonds is 6. The molecule has 2 N–H and O–H groups in total. The van der Waals surface area contributed by atoms with Gasteiger partial charge in [-0.3, -0.25) is 9.20 Å². The van der Waals surface area contributed by atoms with Crippen LogP contribution in [0.3, 0.4) is 0 Å². The van der Waals surface area contributed by atoms with Gasteiger partial charge in [0.25, 0.3) is 5.91 Å². The number of carbonyl (C=O) groups is 1. The summed E-state index contributed by atoms with van der Waals surface area (Å²) in [5, 5.41) is 0.916. The third-order valence-electron chi connectivity index (χ3n) is 10.7. The van der Waals surface area contributed by atoms with Crippen LogP contribution in [0.15, 0.2) is 54.6 Å². The molecule has 12 heteroatoms. The van der Waals surface area contributed by atoms with Crippen LogP contribution >= 0.6 is 0 Å². The van der Waals surface area contributed by atoms with Crippen molar-refractivity contribution in [3.8, 4) is 17.3 Å². The van der Waals surface area contributed by atoms with Gasteiger partial charge in [0.15, 0.2) is 5.88 Å². The molecule has 2 saturated heterocycles. The monoisotopic (exact) mass is 651 g/mol. The molecule has 1 aromatic carbocycles. The Bertz CT molecular complexity index is 2220. The maximum Gasteiger partial charge on any atom is 0.254 e. The Balaban J connectivity index is 1.15. The van der Waals surface area contributed by atoms with Gasteiger partial charge in [-0.2, -0.15) is 0 Å². The van der Waals surface area contributed by atoms with Gasteiger partial charge in [-0.15, -0.1) is 0 Å². The summed E-state index contributed by atoms with van der Waals surface area (Å²) in [5.41, 5.74) is 12.7. The largest absolute Gasteiger partial charge is 0.482 e. The second-order valence-corrected chi connectivity index (χ2v) is 15.5. The summed E-state index contributed by atoms with van der Waals surface area (Å²) in [7, 11) is -1.98. The minimum atomic E-state index is -3.59. The molecule has 1 saturated carbocycles. The van der Waals surface area contributed by atoms with Gasteiger partial charge >= 0.3 is 0 Å². The lowest BCUT2D eigenvalue weighted by Gasteiger charge is -2.29. The molecule has 3 aliphatic heterocycles. The van der Waals surface area contributed by atoms with Crippen LogP contribution < -0.4 is 14.8 Å². The van der Waals surface area contributed by atoms with Crippen LogP contribution in [0.2, 0.25) is 0 Å². The Morgan fingerprint density at radius 3 is 2.55 bits per heavy atom. The molecule has 0 radical (unpaired) electrons. The van der Waals surface area contributed by atoms with Gasteiger partial charge in [0.2, 0.25) is 10.0 Å². The van der Waals surface area contributed by atoms with E-state index in [-0.39, 0.29) is 36.3 Å². The smallest absolute Gasteiger partial charge is 0.254 e. The van der Waals surface area contributed by atoms with Crippen molar-refractivity contribution in [1.29, 1.82) is 0 Å². The number of methoxy groups -OCH3 is 1. The van der Waals surface area contributed by atoms with Crippen LogP contribution in [0.25, 0.3) is 28.1 Å². The van der Waals surface area contributed by atoms with Crippen molar-refractivity contribution in [2.45, 2.75) is 76.0 Å². The number of benzene rings is 1. The fourth-order valence-electron chi connectivity index (χ4n) is 8.09. The molecule has 4 aliphatic rings. The van der Waals surface area contributed by atoms with Crippen LogP contribution in [-0.2, 0) is 28.9 Å². The summed E-state index contributed by atoms with van der Waals surface area (Å²) in [6.07, 6.45) is 5.07. The number of sulfonamides is 1. The van der Waals surface area contributed by atoms with Gasteiger partial charge in [0.05, 0.1) is 30.8 Å². The van der Waals surface area contributed by atoms with Gasteiger partial charge in [-0.05, 0) is 80.3 Å². The average molecular weight is 652 g/mol. The lowest BCUT2D eigenvalue weighted by atomic mass is 9.97. The lowest BCUT2D eigenvalue weighted by Crippen LogP contribution is -2.40. The predicted octanol–water partition coefficient (Wildman–Crippen LogP) is 4.63. The van der Waals surface area contributed by atoms with E-state index < -0.39 is 10.0 Å². The summed E-state index contributed by atoms with van der Waals surface area (Å²) < 4.78 is 38.3. The van der Waals surface area contributed by atoms with E-state index >= 15 is 0 Å². The van der Waals surface area contributed by atoms with Gasteiger partial charge in [0, 0.05) is 41.7 Å². The summed E-state index contributed by atoms with van der Waals surface area (Å²) in [6.45, 7) is 3.02. The van der Waals surface area contributed by atoms with E-state index in [2.05, 4.69) is 10.6 Å². The topological polar surface area (TPSA) is 128 Å². The molecule has 9 rings (SSSR count). The molecule has 0 spiro atoms. The summed E-state index contributed by atoms with van der Waals surface area (Å²) in [5.74, 6) is 1.41. The average Bonchev–Trinajstić information content (AvgIpc) is 3.38. The number of hydrogen-bond acceptors (Lipinski definition) is 7. The molecule has 47 heavy (non-hydrogen) atoms. The number of carbonyl (C=O) groups excluding carboxylic acids is 1. The Kier molecular flexibility index (Phi) is 6.30. The highest BCUT2D eigenvalue weighted by atomic mass is 32.2. The van der Waals surface area contributed by atoms with Crippen molar-refractivity contribution in [1.82, 2.24) is 23.8 Å². The number of nitrogens with two attached hydrogens (primary N) is 1. The molecule has 1 amide bonds. The number of hydrogen-bond donors (Lipinski definition) is 1. The second-order valence-electron chi connectivity index (χ2n) is 13.6. The highest BCUT2D eigenvalue weighted by Gasteiger charge is 2.47. The highest BCUT2D eigenvalue weighted by Crippen LogP contribution is 2.40. The first-order valence-electron chi connectivity index (χ1n) is 16.4. The molecule has 0 unspecified atom stereocenters. The fourth-order valence-corrected chi connectivity index (χ4v) is 9.65. The number of pyridine rings is 2. The van der Waals surface area contributed by atoms with E-state index in [4.69, 9.17) is 20.4 Å². The first kappa shape index (κ1) is 28.8. The van der Waals surface area contributed by atoms with E-state index in [1.165, 1.54) is 4.31 Å². The maximum absolute atomic E-state index is 13.8. The molecule has 7 heterocycles. The van der Waals surface area contributed by atoms with Crippen molar-refractivity contribution in [3.05, 3.63) is 77.0 Å². The number of amides is 1. The Hall–Kier alpha value is -4.42. The molecular weight excluding hydrogens is 614 g/mol. The van der Waals surface area contributed by atoms with Crippen LogP contribution in [0, 0.1) is 12.8 Å². The van der Waals surface area contributed by atoms with Crippen molar-refractivity contribution in [2.24, 2.45) is 11.7 Å². The van der Waals surface area contributed by atoms with Crippen LogP contribution in [0.1, 0.15) is 59.3 Å². The van der Waals surface area contributed by atoms with Gasteiger partial charge in [0.1, 0.15) is 22.8 Å². The summed E-state index contributed by atoms with van der Waals surface area (Å²) >= 11 is 0. The number of aromatic nitrogens is 4. The van der Waals surface area contributed by atoms with E-state index in [0.717, 1.165) is 77.9 Å². The maximum atomic E-state index is 13.8. The molecule has 3 atom stereocenters. The van der Waals surface area contributed by atoms with Crippen molar-refractivity contribution in [3.63, 3.8) is 0 Å². The van der Waals surface area contributed by atoms with Crippen LogP contribution in [0.5, 0.6) is 5.88 Å². The molecule has 3 fully saturated rings. The zero-order chi connectivity index (χ0) is 32.2. The molecular formula is C35H37N7O4S. The number of fused-ring (bicyclic) bond motifs is 5. The molecule has 1 aliphatic carbocycles. The van der Waals surface area contributed by atoms with Gasteiger partial charge < -0.3 is 19.9 Å². The Labute approximate surface area is 273 Å². The van der Waals surface area contributed by atoms with E-state index in [1.54, 1.807) is 13.2 Å². The number of anilines is 1. The summed E-state index contributed by atoms with van der Waals surface area (Å²) in [6, 6.07) is 17.5. The number of nitrogens with zero attached hydrogens (tertiary/aromatic N) is 6. The first-order valence-corrected chi connectivity index (χ1v) is 18.0. The first-order chi connectivity index (χ1) is 22.7. The van der Waals surface area contributed by atoms with E-state index in [0.29, 0.717) is 28.8 Å². The zero-order valence-corrected chi connectivity index (χ0v) is 27.3. The zero-order valence-electron chi connectivity index (χ0n) is 26.5.